The molecule has 1 aliphatic carbocycles. The molecular weight excluding hydrogens is 410 g/mol. The Bertz CT molecular complexity index is 1020. The molecule has 2 aromatic carbocycles. The zero-order valence-corrected chi connectivity index (χ0v) is 18.7. The van der Waals surface area contributed by atoms with Gasteiger partial charge in [0, 0.05) is 19.0 Å². The van der Waals surface area contributed by atoms with E-state index in [4.69, 9.17) is 11.6 Å². The second-order valence-corrected chi connectivity index (χ2v) is 9.45. The van der Waals surface area contributed by atoms with E-state index in [1.54, 1.807) is 12.1 Å². The third kappa shape index (κ3) is 4.80. The molecule has 1 saturated heterocycles. The van der Waals surface area contributed by atoms with E-state index in [1.165, 1.54) is 6.07 Å². The molecule has 0 aromatic heterocycles. The van der Waals surface area contributed by atoms with Crippen molar-refractivity contribution < 1.29 is 9.18 Å². The first-order valence-corrected chi connectivity index (χ1v) is 11.6. The Hall–Kier alpha value is -2.32. The van der Waals surface area contributed by atoms with Crippen molar-refractivity contribution in [1.29, 1.82) is 5.26 Å². The predicted octanol–water partition coefficient (Wildman–Crippen LogP) is 4.94. The summed E-state index contributed by atoms with van der Waals surface area (Å²) >= 11 is 6.36. The first-order valence-electron chi connectivity index (χ1n) is 11.2. The second-order valence-electron chi connectivity index (χ2n) is 9.05. The van der Waals surface area contributed by atoms with Gasteiger partial charge >= 0.3 is 0 Å². The van der Waals surface area contributed by atoms with Gasteiger partial charge in [-0.15, -0.1) is 0 Å². The van der Waals surface area contributed by atoms with Crippen molar-refractivity contribution in [3.63, 3.8) is 0 Å². The Morgan fingerprint density at radius 3 is 2.71 bits per heavy atom. The van der Waals surface area contributed by atoms with Gasteiger partial charge < -0.3 is 4.90 Å². The number of benzene rings is 2. The number of nitrogens with zero attached hydrogens (tertiary/aromatic N) is 2. The monoisotopic (exact) mass is 436 g/mol. The van der Waals surface area contributed by atoms with E-state index >= 15 is 0 Å². The predicted molar refractivity (Wildman–Crippen MR) is 123 cm³/mol. The van der Waals surface area contributed by atoms with Gasteiger partial charge in [-0.25, -0.2) is 4.39 Å². The summed E-state index contributed by atoms with van der Waals surface area (Å²) in [4.78, 5) is 15.0. The Kier molecular flexibility index (Phi) is 6.67. The minimum absolute atomic E-state index is 0.104. The van der Waals surface area contributed by atoms with Crippen LogP contribution < -0.4 is 5.46 Å². The fourth-order valence-corrected chi connectivity index (χ4v) is 5.48. The molecule has 31 heavy (non-hydrogen) atoms. The van der Waals surface area contributed by atoms with E-state index in [1.807, 2.05) is 30.0 Å². The van der Waals surface area contributed by atoms with Crippen LogP contribution in [0.3, 0.4) is 0 Å². The van der Waals surface area contributed by atoms with Crippen LogP contribution in [0.1, 0.15) is 48.8 Å². The summed E-state index contributed by atoms with van der Waals surface area (Å²) in [5.74, 6) is 0.532. The van der Waals surface area contributed by atoms with Gasteiger partial charge in [-0.1, -0.05) is 42.0 Å². The van der Waals surface area contributed by atoms with E-state index in [-0.39, 0.29) is 24.3 Å². The number of carbonyl (C=O) groups is 1. The van der Waals surface area contributed by atoms with Gasteiger partial charge in [0.05, 0.1) is 10.6 Å². The molecule has 0 N–H and O–H groups in total. The average Bonchev–Trinajstić information content (AvgIpc) is 3.46. The van der Waals surface area contributed by atoms with Crippen LogP contribution in [0.25, 0.3) is 0 Å². The van der Waals surface area contributed by atoms with Crippen LogP contribution in [0.4, 0.5) is 4.39 Å². The molecule has 0 spiro atoms. The van der Waals surface area contributed by atoms with Crippen LogP contribution in [-0.2, 0) is 11.1 Å². The van der Waals surface area contributed by atoms with Gasteiger partial charge in [-0.05, 0) is 73.7 Å². The van der Waals surface area contributed by atoms with E-state index in [2.05, 4.69) is 6.07 Å². The van der Waals surface area contributed by atoms with Crippen molar-refractivity contribution in [3.8, 4) is 6.07 Å². The number of amides is 1. The maximum absolute atomic E-state index is 14.0. The Labute approximate surface area is 189 Å². The van der Waals surface area contributed by atoms with Crippen molar-refractivity contribution in [2.24, 2.45) is 5.92 Å². The molecule has 1 atom stereocenters. The molecule has 1 unspecified atom stereocenters. The van der Waals surface area contributed by atoms with Crippen LogP contribution in [-0.4, -0.2) is 30.6 Å². The minimum Gasteiger partial charge on any atom is -0.343 e. The minimum atomic E-state index is -0.235. The molecule has 160 valence electrons. The molecule has 1 heterocycles. The summed E-state index contributed by atoms with van der Waals surface area (Å²) in [6.07, 6.45) is 5.93. The number of carbonyl (C=O) groups excluding carboxylic acids is 1. The number of hydrogen-bond acceptors (Lipinski definition) is 2. The normalized spacial score (nSPS) is 18.9. The van der Waals surface area contributed by atoms with Crippen molar-refractivity contribution in [1.82, 2.24) is 4.90 Å². The molecule has 6 heteroatoms. The van der Waals surface area contributed by atoms with Crippen LogP contribution in [0.15, 0.2) is 36.4 Å². The fourth-order valence-electron chi connectivity index (χ4n) is 5.25. The molecule has 1 saturated carbocycles. The van der Waals surface area contributed by atoms with Gasteiger partial charge in [0.25, 0.3) is 0 Å². The van der Waals surface area contributed by atoms with E-state index in [0.29, 0.717) is 22.8 Å². The first-order chi connectivity index (χ1) is 15.0. The molecule has 0 bridgehead atoms. The van der Waals surface area contributed by atoms with Crippen molar-refractivity contribution in [3.05, 3.63) is 63.9 Å². The molecule has 2 aromatic rings. The van der Waals surface area contributed by atoms with Crippen molar-refractivity contribution in [2.75, 3.05) is 13.1 Å². The Balaban J connectivity index is 1.61. The topological polar surface area (TPSA) is 44.1 Å². The summed E-state index contributed by atoms with van der Waals surface area (Å²) in [5.41, 5.74) is 3.54. The Morgan fingerprint density at radius 1 is 1.23 bits per heavy atom. The summed E-state index contributed by atoms with van der Waals surface area (Å²) in [6.45, 7) is 3.61. The highest BCUT2D eigenvalue weighted by molar-refractivity contribution is 6.74. The summed E-state index contributed by atoms with van der Waals surface area (Å²) in [7, 11) is 0. The van der Waals surface area contributed by atoms with Crippen molar-refractivity contribution >= 4 is 29.7 Å². The summed E-state index contributed by atoms with van der Waals surface area (Å²) < 4.78 is 14.0. The van der Waals surface area contributed by atoms with E-state index < -0.39 is 0 Å². The lowest BCUT2D eigenvalue weighted by Crippen LogP contribution is -2.40. The van der Waals surface area contributed by atoms with E-state index in [9.17, 15) is 14.4 Å². The third-order valence-electron chi connectivity index (χ3n) is 7.10. The lowest BCUT2D eigenvalue weighted by Gasteiger charge is -2.24. The van der Waals surface area contributed by atoms with Gasteiger partial charge in [-0.3, -0.25) is 4.79 Å². The molecule has 1 amide bonds. The molecule has 2 fully saturated rings. The summed E-state index contributed by atoms with van der Waals surface area (Å²) in [5, 5.41) is 9.68. The smallest absolute Gasteiger partial charge is 0.225 e. The zero-order chi connectivity index (χ0) is 22.0. The number of aryl methyl sites for hydroxylation is 1. The fraction of sp³-hybridized carbons (Fsp3) is 0.440. The summed E-state index contributed by atoms with van der Waals surface area (Å²) in [6, 6.07) is 12.6. The highest BCUT2D eigenvalue weighted by Gasteiger charge is 2.37. The number of hydrogen-bond donors (Lipinski definition) is 0. The lowest BCUT2D eigenvalue weighted by atomic mass is 9.34. The molecule has 2 aliphatic rings. The van der Waals surface area contributed by atoms with Gasteiger partial charge in [-0.2, -0.15) is 5.26 Å². The SMILES string of the molecule is Cc1ccc(F)cc1CB(c1ccc(C#N)c(Cl)c1)C1CCN(C(=O)C2CCCC2)C1. The number of likely N-dealkylation sites (tertiary alicyclic amines) is 1. The van der Waals surface area contributed by atoms with E-state index in [0.717, 1.165) is 61.8 Å². The van der Waals surface area contributed by atoms with Crippen LogP contribution in [0, 0.1) is 30.0 Å². The molecule has 0 radical (unpaired) electrons. The number of nitriles is 1. The van der Waals surface area contributed by atoms with Crippen LogP contribution >= 0.6 is 11.6 Å². The second kappa shape index (κ2) is 9.45. The molecule has 1 aliphatic heterocycles. The average molecular weight is 437 g/mol. The quantitative estimate of drug-likeness (QED) is 0.623. The Morgan fingerprint density at radius 2 is 2.00 bits per heavy atom. The molecule has 4 rings (SSSR count). The highest BCUT2D eigenvalue weighted by atomic mass is 35.5. The third-order valence-corrected chi connectivity index (χ3v) is 7.42. The van der Waals surface area contributed by atoms with Crippen LogP contribution in [0.2, 0.25) is 10.8 Å². The number of halogens is 2. The molecule has 3 nitrogen and oxygen atoms in total. The highest BCUT2D eigenvalue weighted by Crippen LogP contribution is 2.33. The first kappa shape index (κ1) is 21.9. The zero-order valence-electron chi connectivity index (χ0n) is 17.9. The van der Waals surface area contributed by atoms with Crippen molar-refractivity contribution in [2.45, 2.75) is 51.2 Å². The maximum Gasteiger partial charge on any atom is 0.225 e. The van der Waals surface area contributed by atoms with Crippen LogP contribution in [0.5, 0.6) is 0 Å². The van der Waals surface area contributed by atoms with Gasteiger partial charge in [0.15, 0.2) is 6.71 Å². The maximum atomic E-state index is 14.0. The largest absolute Gasteiger partial charge is 0.343 e. The number of rotatable bonds is 5. The lowest BCUT2D eigenvalue weighted by molar-refractivity contribution is -0.134. The molecular formula is C25H27BClFN2O. The van der Waals surface area contributed by atoms with Gasteiger partial charge in [0.2, 0.25) is 5.91 Å². The van der Waals surface area contributed by atoms with Gasteiger partial charge in [0.1, 0.15) is 11.9 Å². The standard InChI is InChI=1S/C25H27BClFN2O/c1-17-6-9-23(28)12-20(17)14-26(21-8-7-19(15-29)24(27)13-21)22-10-11-30(16-22)25(31)18-4-2-3-5-18/h6-9,12-13,18,22H,2-5,10-11,14,16H2,1H3.